The number of methoxy groups -OCH3 is 1. The monoisotopic (exact) mass is 645 g/mol. The summed E-state index contributed by atoms with van der Waals surface area (Å²) >= 11 is 0. The van der Waals surface area contributed by atoms with E-state index in [9.17, 15) is 24.3 Å². The van der Waals surface area contributed by atoms with Gasteiger partial charge in [-0.25, -0.2) is 0 Å². The molecule has 1 aliphatic rings. The molecular weight excluding hydrogens is 586 g/mol. The molecule has 0 aliphatic carbocycles. The van der Waals surface area contributed by atoms with E-state index in [-0.39, 0.29) is 48.4 Å². The molecule has 1 aromatic carbocycles. The molecule has 8 atom stereocenters. The summed E-state index contributed by atoms with van der Waals surface area (Å²) in [4.78, 5) is 56.5. The molecule has 1 aromatic rings. The lowest BCUT2D eigenvalue weighted by molar-refractivity contribution is -0.147. The zero-order chi connectivity index (χ0) is 34.4. The van der Waals surface area contributed by atoms with Crippen molar-refractivity contribution in [3.8, 4) is 0 Å². The Labute approximate surface area is 276 Å². The molecule has 46 heavy (non-hydrogen) atoms. The molecule has 0 radical (unpaired) electrons. The Morgan fingerprint density at radius 1 is 1.07 bits per heavy atom. The molecule has 4 N–H and O–H groups in total. The van der Waals surface area contributed by atoms with Crippen LogP contribution in [0.15, 0.2) is 30.3 Å². The summed E-state index contributed by atoms with van der Waals surface area (Å²) in [6, 6.07) is 8.25. The predicted octanol–water partition coefficient (Wildman–Crippen LogP) is 2.36. The first kappa shape index (κ1) is 39.2. The van der Waals surface area contributed by atoms with Crippen molar-refractivity contribution in [3.05, 3.63) is 35.9 Å². The minimum Gasteiger partial charge on any atom is -0.390 e. The van der Waals surface area contributed by atoms with E-state index in [1.807, 2.05) is 58.0 Å². The molecule has 11 heteroatoms. The fraction of sp³-hybridized carbons (Fsp3) is 0.714. The molecule has 260 valence electrons. The highest BCUT2D eigenvalue weighted by atomic mass is 16.5. The highest BCUT2D eigenvalue weighted by molar-refractivity contribution is 5.89. The van der Waals surface area contributed by atoms with Gasteiger partial charge in [-0.1, -0.05) is 77.8 Å². The van der Waals surface area contributed by atoms with Gasteiger partial charge in [0.05, 0.1) is 43.2 Å². The second-order valence-corrected chi connectivity index (χ2v) is 12.9. The number of nitrogens with one attached hydrogen (secondary N) is 3. The van der Waals surface area contributed by atoms with Gasteiger partial charge < -0.3 is 35.6 Å². The third-order valence-corrected chi connectivity index (χ3v) is 9.71. The largest absolute Gasteiger partial charge is 0.390 e. The molecule has 1 heterocycles. The second kappa shape index (κ2) is 19.6. The number of aliphatic hydroxyl groups excluding tert-OH is 1. The van der Waals surface area contributed by atoms with Gasteiger partial charge in [0.15, 0.2) is 0 Å². The number of ether oxygens (including phenoxy) is 1. The lowest BCUT2D eigenvalue weighted by Gasteiger charge is -2.40. The van der Waals surface area contributed by atoms with Crippen molar-refractivity contribution in [3.63, 3.8) is 0 Å². The molecule has 0 saturated carbocycles. The van der Waals surface area contributed by atoms with E-state index in [0.29, 0.717) is 32.4 Å². The fourth-order valence-corrected chi connectivity index (χ4v) is 6.39. The maximum Gasteiger partial charge on any atom is 0.245 e. The van der Waals surface area contributed by atoms with E-state index in [2.05, 4.69) is 16.0 Å². The molecule has 0 unspecified atom stereocenters. The van der Waals surface area contributed by atoms with Gasteiger partial charge in [-0.2, -0.15) is 0 Å². The quantitative estimate of drug-likeness (QED) is 0.181. The number of amides is 4. The Morgan fingerprint density at radius 2 is 1.72 bits per heavy atom. The van der Waals surface area contributed by atoms with Gasteiger partial charge in [0.2, 0.25) is 23.6 Å². The molecule has 11 nitrogen and oxygen atoms in total. The summed E-state index contributed by atoms with van der Waals surface area (Å²) in [5.41, 5.74) is 1.12. The zero-order valence-electron chi connectivity index (χ0n) is 29.3. The first-order valence-corrected chi connectivity index (χ1v) is 16.9. The molecule has 1 saturated heterocycles. The summed E-state index contributed by atoms with van der Waals surface area (Å²) in [6.45, 7) is 10.7. The highest BCUT2D eigenvalue weighted by Gasteiger charge is 2.42. The summed E-state index contributed by atoms with van der Waals surface area (Å²) in [7, 11) is 4.94. The van der Waals surface area contributed by atoms with Gasteiger partial charge in [0, 0.05) is 27.2 Å². The summed E-state index contributed by atoms with van der Waals surface area (Å²) in [5.74, 6) is -1.70. The molecule has 1 fully saturated rings. The minimum absolute atomic E-state index is 0.00291. The van der Waals surface area contributed by atoms with Gasteiger partial charge in [-0.15, -0.1) is 0 Å². The van der Waals surface area contributed by atoms with E-state index in [1.165, 1.54) is 0 Å². The van der Waals surface area contributed by atoms with Crippen LogP contribution in [-0.4, -0.2) is 110 Å². The molecule has 0 bridgehead atoms. The lowest BCUT2D eigenvalue weighted by atomic mass is 9.89. The van der Waals surface area contributed by atoms with Gasteiger partial charge >= 0.3 is 0 Å². The Hall–Kier alpha value is -3.02. The fourth-order valence-electron chi connectivity index (χ4n) is 6.39. The number of benzene rings is 1. The summed E-state index contributed by atoms with van der Waals surface area (Å²) in [6.07, 6.45) is 1.85. The van der Waals surface area contributed by atoms with Crippen LogP contribution < -0.4 is 16.0 Å². The number of carbonyl (C=O) groups excluding carboxylic acids is 4. The number of carbonyl (C=O) groups is 4. The van der Waals surface area contributed by atoms with E-state index >= 15 is 0 Å². The van der Waals surface area contributed by atoms with Crippen LogP contribution in [0.5, 0.6) is 0 Å². The number of aliphatic hydroxyl groups is 1. The predicted molar refractivity (Wildman–Crippen MR) is 180 cm³/mol. The number of hydrogen-bond acceptors (Lipinski definition) is 7. The average Bonchev–Trinajstić information content (AvgIpc) is 3.56. The second-order valence-electron chi connectivity index (χ2n) is 12.9. The Kier molecular flexibility index (Phi) is 16.7. The standard InChI is InChI=1S/C35H59N5O6/c1-9-23(3)31(38-29(41)22-36-6)35(45)39(7)32(24(4)10-2)28(46-8)21-30(42)40-20-14-17-27(40)33(43)25(5)34(44)37-19-18-26-15-12-11-13-16-26/h11-13,15-16,23-25,27-28,31-33,36,43H,9-10,14,17-22H2,1-8H3,(H,37,44)(H,38,41)/t23-,24-,25+,27-,28+,31-,32-,33+/m0/s1. The minimum atomic E-state index is -1.02. The lowest BCUT2D eigenvalue weighted by Crippen LogP contribution is -2.58. The maximum atomic E-state index is 13.9. The molecule has 0 spiro atoms. The van der Waals surface area contributed by atoms with Crippen LogP contribution in [0.25, 0.3) is 0 Å². The average molecular weight is 646 g/mol. The van der Waals surface area contributed by atoms with E-state index in [1.54, 1.807) is 37.9 Å². The van der Waals surface area contributed by atoms with Crippen molar-refractivity contribution >= 4 is 23.6 Å². The van der Waals surface area contributed by atoms with Crippen molar-refractivity contribution in [2.24, 2.45) is 17.8 Å². The van der Waals surface area contributed by atoms with Crippen molar-refractivity contribution in [2.75, 3.05) is 40.8 Å². The van der Waals surface area contributed by atoms with Crippen LogP contribution in [0.1, 0.15) is 72.3 Å². The van der Waals surface area contributed by atoms with Gasteiger partial charge in [0.1, 0.15) is 6.04 Å². The Bertz CT molecular complexity index is 1100. The van der Waals surface area contributed by atoms with Crippen LogP contribution >= 0.6 is 0 Å². The smallest absolute Gasteiger partial charge is 0.245 e. The number of nitrogens with zero attached hydrogens (tertiary/aromatic N) is 2. The van der Waals surface area contributed by atoms with E-state index < -0.39 is 36.3 Å². The topological polar surface area (TPSA) is 140 Å². The first-order chi connectivity index (χ1) is 21.9. The third-order valence-electron chi connectivity index (χ3n) is 9.71. The van der Waals surface area contributed by atoms with E-state index in [0.717, 1.165) is 18.4 Å². The number of rotatable bonds is 19. The van der Waals surface area contributed by atoms with Crippen LogP contribution in [0.4, 0.5) is 0 Å². The van der Waals surface area contributed by atoms with Gasteiger partial charge in [0.25, 0.3) is 0 Å². The van der Waals surface area contributed by atoms with E-state index in [4.69, 9.17) is 4.74 Å². The zero-order valence-corrected chi connectivity index (χ0v) is 29.3. The normalized spacial score (nSPS) is 19.3. The van der Waals surface area contributed by atoms with Crippen LogP contribution in [0, 0.1) is 17.8 Å². The number of likely N-dealkylation sites (N-methyl/N-ethyl adjacent to an activating group) is 2. The van der Waals surface area contributed by atoms with Gasteiger partial charge in [-0.3, -0.25) is 19.2 Å². The Morgan fingerprint density at radius 3 is 2.30 bits per heavy atom. The maximum absolute atomic E-state index is 13.9. The van der Waals surface area contributed by atoms with Crippen molar-refractivity contribution in [1.82, 2.24) is 25.8 Å². The van der Waals surface area contributed by atoms with Crippen molar-refractivity contribution in [2.45, 2.75) is 103 Å². The van der Waals surface area contributed by atoms with Crippen LogP contribution in [0.2, 0.25) is 0 Å². The number of hydrogen-bond donors (Lipinski definition) is 4. The Balaban J connectivity index is 2.15. The van der Waals surface area contributed by atoms with Gasteiger partial charge in [-0.05, 0) is 43.7 Å². The number of likely N-dealkylation sites (tertiary alicyclic amines) is 1. The van der Waals surface area contributed by atoms with Crippen molar-refractivity contribution in [1.29, 1.82) is 0 Å². The first-order valence-electron chi connectivity index (χ1n) is 16.9. The van der Waals surface area contributed by atoms with Crippen LogP contribution in [-0.2, 0) is 30.3 Å². The molecule has 2 rings (SSSR count). The highest BCUT2D eigenvalue weighted by Crippen LogP contribution is 2.28. The third kappa shape index (κ3) is 10.8. The molecular formula is C35H59N5O6. The SMILES string of the molecule is CC[C@H](C)[C@@H]([C@@H](CC(=O)N1CCC[C@H]1[C@H](O)[C@@H](C)C(=O)NCCc1ccccc1)OC)N(C)C(=O)[C@@H](NC(=O)CNC)[C@@H](C)CC. The molecule has 1 aliphatic heterocycles. The van der Waals surface area contributed by atoms with Crippen molar-refractivity contribution < 1.29 is 29.0 Å². The van der Waals surface area contributed by atoms with Crippen LogP contribution in [0.3, 0.4) is 0 Å². The molecule has 4 amide bonds. The summed E-state index contributed by atoms with van der Waals surface area (Å²) < 4.78 is 5.92. The summed E-state index contributed by atoms with van der Waals surface area (Å²) in [5, 5.41) is 19.9. The molecule has 0 aromatic heterocycles.